The van der Waals surface area contributed by atoms with Crippen LogP contribution in [0.4, 0.5) is 0 Å². The molecule has 2 N–H and O–H groups in total. The van der Waals surface area contributed by atoms with E-state index in [0.717, 1.165) is 41.0 Å². The SMILES string of the molecule is Cc1ncc2c(c1CNC(=O)c1ccc3ncsc3c1)CCNC2. The molecular formula is C18H18N4OS. The molecule has 0 unspecified atom stereocenters. The van der Waals surface area contributed by atoms with Crippen molar-refractivity contribution in [3.05, 3.63) is 57.9 Å². The van der Waals surface area contributed by atoms with Crippen molar-refractivity contribution in [2.24, 2.45) is 0 Å². The van der Waals surface area contributed by atoms with Gasteiger partial charge >= 0.3 is 0 Å². The molecule has 0 spiro atoms. The number of carbonyl (C=O) groups is 1. The van der Waals surface area contributed by atoms with Gasteiger partial charge in [-0.3, -0.25) is 9.78 Å². The molecule has 3 aromatic rings. The molecule has 2 aromatic heterocycles. The summed E-state index contributed by atoms with van der Waals surface area (Å²) in [5.41, 5.74) is 8.12. The highest BCUT2D eigenvalue weighted by Crippen LogP contribution is 2.21. The third-order valence-corrected chi connectivity index (χ3v) is 5.28. The summed E-state index contributed by atoms with van der Waals surface area (Å²) in [6.45, 7) is 4.35. The minimum atomic E-state index is -0.0590. The van der Waals surface area contributed by atoms with Crippen molar-refractivity contribution in [3.8, 4) is 0 Å². The van der Waals surface area contributed by atoms with Gasteiger partial charge < -0.3 is 10.6 Å². The van der Waals surface area contributed by atoms with Crippen LogP contribution in [0.25, 0.3) is 10.2 Å². The number of hydrogen-bond acceptors (Lipinski definition) is 5. The van der Waals surface area contributed by atoms with Crippen LogP contribution in [0, 0.1) is 6.92 Å². The van der Waals surface area contributed by atoms with E-state index in [1.54, 1.807) is 16.8 Å². The van der Waals surface area contributed by atoms with Crippen molar-refractivity contribution < 1.29 is 4.79 Å². The Kier molecular flexibility index (Phi) is 4.00. The molecule has 3 heterocycles. The molecule has 4 rings (SSSR count). The Hall–Kier alpha value is -2.31. The van der Waals surface area contributed by atoms with Gasteiger partial charge in [-0.05, 0) is 54.8 Å². The van der Waals surface area contributed by atoms with Crippen molar-refractivity contribution in [1.82, 2.24) is 20.6 Å². The largest absolute Gasteiger partial charge is 0.348 e. The summed E-state index contributed by atoms with van der Waals surface area (Å²) in [5.74, 6) is -0.0590. The third-order valence-electron chi connectivity index (χ3n) is 4.49. The van der Waals surface area contributed by atoms with Gasteiger partial charge in [-0.2, -0.15) is 0 Å². The fraction of sp³-hybridized carbons (Fsp3) is 0.278. The van der Waals surface area contributed by atoms with Gasteiger partial charge in [-0.1, -0.05) is 0 Å². The second kappa shape index (κ2) is 6.30. The maximum Gasteiger partial charge on any atom is 0.251 e. The van der Waals surface area contributed by atoms with Crippen LogP contribution in [0.1, 0.15) is 32.7 Å². The van der Waals surface area contributed by atoms with Crippen molar-refractivity contribution in [2.75, 3.05) is 6.54 Å². The Bertz CT molecular complexity index is 919. The summed E-state index contributed by atoms with van der Waals surface area (Å²) in [5, 5.41) is 6.41. The number of carbonyl (C=O) groups excluding carboxylic acids is 1. The Morgan fingerprint density at radius 3 is 3.21 bits per heavy atom. The van der Waals surface area contributed by atoms with Crippen LogP contribution >= 0.6 is 11.3 Å². The first kappa shape index (κ1) is 15.2. The van der Waals surface area contributed by atoms with Gasteiger partial charge in [-0.15, -0.1) is 11.3 Å². The van der Waals surface area contributed by atoms with E-state index < -0.39 is 0 Å². The first-order valence-electron chi connectivity index (χ1n) is 8.01. The number of nitrogens with one attached hydrogen (secondary N) is 2. The number of thiazole rings is 1. The number of amides is 1. The summed E-state index contributed by atoms with van der Waals surface area (Å²) in [6, 6.07) is 5.62. The van der Waals surface area contributed by atoms with E-state index in [4.69, 9.17) is 0 Å². The fourth-order valence-electron chi connectivity index (χ4n) is 3.14. The van der Waals surface area contributed by atoms with Crippen LogP contribution in [0.3, 0.4) is 0 Å². The number of aryl methyl sites for hydroxylation is 1. The molecule has 1 aliphatic rings. The monoisotopic (exact) mass is 338 g/mol. The molecule has 0 bridgehead atoms. The Morgan fingerprint density at radius 2 is 2.29 bits per heavy atom. The van der Waals surface area contributed by atoms with Gasteiger partial charge in [0.25, 0.3) is 5.91 Å². The normalized spacial score (nSPS) is 13.7. The Morgan fingerprint density at radius 1 is 1.38 bits per heavy atom. The molecule has 0 saturated carbocycles. The molecule has 0 aliphatic carbocycles. The Labute approximate surface area is 144 Å². The van der Waals surface area contributed by atoms with Crippen molar-refractivity contribution in [1.29, 1.82) is 0 Å². The topological polar surface area (TPSA) is 66.9 Å². The maximum absolute atomic E-state index is 12.5. The average molecular weight is 338 g/mol. The van der Waals surface area contributed by atoms with Crippen LogP contribution in [0.2, 0.25) is 0 Å². The zero-order chi connectivity index (χ0) is 16.5. The summed E-state index contributed by atoms with van der Waals surface area (Å²) in [7, 11) is 0. The van der Waals surface area contributed by atoms with Crippen molar-refractivity contribution in [3.63, 3.8) is 0 Å². The number of benzene rings is 1. The van der Waals surface area contributed by atoms with Gasteiger partial charge in [0.15, 0.2) is 0 Å². The number of aromatic nitrogens is 2. The van der Waals surface area contributed by atoms with Gasteiger partial charge in [0, 0.05) is 30.5 Å². The molecular weight excluding hydrogens is 320 g/mol. The highest BCUT2D eigenvalue weighted by atomic mass is 32.1. The quantitative estimate of drug-likeness (QED) is 0.770. The van der Waals surface area contributed by atoms with Gasteiger partial charge in [-0.25, -0.2) is 4.98 Å². The zero-order valence-electron chi connectivity index (χ0n) is 13.4. The van der Waals surface area contributed by atoms with Crippen LogP contribution in [-0.2, 0) is 19.5 Å². The minimum absolute atomic E-state index is 0.0590. The molecule has 122 valence electrons. The zero-order valence-corrected chi connectivity index (χ0v) is 14.2. The summed E-state index contributed by atoms with van der Waals surface area (Å²) in [4.78, 5) is 21.2. The standard InChI is InChI=1S/C18H18N4OS/c1-11-15(14-4-5-19-7-13(14)8-20-11)9-21-18(23)12-2-3-16-17(6-12)24-10-22-16/h2-3,6,8,10,19H,4-5,7,9H2,1H3,(H,21,23). The molecule has 1 aliphatic heterocycles. The third kappa shape index (κ3) is 2.79. The number of pyridine rings is 1. The molecule has 0 saturated heterocycles. The second-order valence-corrected chi connectivity index (χ2v) is 6.86. The molecule has 0 atom stereocenters. The molecule has 5 nitrogen and oxygen atoms in total. The molecule has 1 aromatic carbocycles. The van der Waals surface area contributed by atoms with Crippen LogP contribution in [0.5, 0.6) is 0 Å². The van der Waals surface area contributed by atoms with E-state index >= 15 is 0 Å². The molecule has 6 heteroatoms. The highest BCUT2D eigenvalue weighted by molar-refractivity contribution is 7.16. The second-order valence-electron chi connectivity index (χ2n) is 5.97. The predicted molar refractivity (Wildman–Crippen MR) is 95.2 cm³/mol. The smallest absolute Gasteiger partial charge is 0.251 e. The van der Waals surface area contributed by atoms with Crippen LogP contribution < -0.4 is 10.6 Å². The predicted octanol–water partition coefficient (Wildman–Crippen LogP) is 2.58. The minimum Gasteiger partial charge on any atom is -0.348 e. The maximum atomic E-state index is 12.5. The van der Waals surface area contributed by atoms with Crippen LogP contribution in [0.15, 0.2) is 29.9 Å². The molecule has 0 fully saturated rings. The number of fused-ring (bicyclic) bond motifs is 2. The first-order valence-corrected chi connectivity index (χ1v) is 8.89. The van der Waals surface area contributed by atoms with E-state index in [2.05, 4.69) is 20.6 Å². The van der Waals surface area contributed by atoms with E-state index in [1.807, 2.05) is 31.3 Å². The molecule has 0 radical (unpaired) electrons. The van der Waals surface area contributed by atoms with Crippen molar-refractivity contribution in [2.45, 2.75) is 26.4 Å². The van der Waals surface area contributed by atoms with Gasteiger partial charge in [0.05, 0.1) is 15.7 Å². The molecule has 1 amide bonds. The Balaban J connectivity index is 1.55. The number of rotatable bonds is 3. The lowest BCUT2D eigenvalue weighted by molar-refractivity contribution is 0.0951. The number of hydrogen-bond donors (Lipinski definition) is 2. The van der Waals surface area contributed by atoms with E-state index in [9.17, 15) is 4.79 Å². The van der Waals surface area contributed by atoms with E-state index in [0.29, 0.717) is 12.1 Å². The summed E-state index contributed by atoms with van der Waals surface area (Å²) < 4.78 is 1.03. The van der Waals surface area contributed by atoms with Gasteiger partial charge in [0.1, 0.15) is 0 Å². The van der Waals surface area contributed by atoms with E-state index in [-0.39, 0.29) is 5.91 Å². The summed E-state index contributed by atoms with van der Waals surface area (Å²) >= 11 is 1.55. The summed E-state index contributed by atoms with van der Waals surface area (Å²) in [6.07, 6.45) is 2.93. The molecule has 24 heavy (non-hydrogen) atoms. The lowest BCUT2D eigenvalue weighted by Gasteiger charge is -2.21. The van der Waals surface area contributed by atoms with Crippen LogP contribution in [-0.4, -0.2) is 22.4 Å². The van der Waals surface area contributed by atoms with Gasteiger partial charge in [0.2, 0.25) is 0 Å². The fourth-order valence-corrected chi connectivity index (χ4v) is 3.86. The first-order chi connectivity index (χ1) is 11.7. The average Bonchev–Trinajstić information content (AvgIpc) is 3.08. The van der Waals surface area contributed by atoms with E-state index in [1.165, 1.54) is 11.1 Å². The van der Waals surface area contributed by atoms with Crippen molar-refractivity contribution >= 4 is 27.5 Å². The number of nitrogens with zero attached hydrogens (tertiary/aromatic N) is 2. The highest BCUT2D eigenvalue weighted by Gasteiger charge is 2.16. The lowest BCUT2D eigenvalue weighted by Crippen LogP contribution is -2.28. The lowest BCUT2D eigenvalue weighted by atomic mass is 9.96.